The molecule has 0 saturated carbocycles. The Kier molecular flexibility index (Phi) is 7.48. The molecule has 5 nitrogen and oxygen atoms in total. The van der Waals surface area contributed by atoms with Crippen LogP contribution in [0.5, 0.6) is 5.75 Å². The molecule has 0 atom stereocenters. The van der Waals surface area contributed by atoms with Gasteiger partial charge in [-0.25, -0.2) is 0 Å². The minimum absolute atomic E-state index is 0.0305. The Morgan fingerprint density at radius 1 is 1.31 bits per heavy atom. The molecule has 0 spiro atoms. The molecule has 0 fully saturated rings. The summed E-state index contributed by atoms with van der Waals surface area (Å²) in [7, 11) is 1.64. The minimum atomic E-state index is -0.429. The highest BCUT2D eigenvalue weighted by Crippen LogP contribution is 2.19. The van der Waals surface area contributed by atoms with Gasteiger partial charge in [-0.1, -0.05) is 18.2 Å². The van der Waals surface area contributed by atoms with E-state index in [0.717, 1.165) is 26.9 Å². The van der Waals surface area contributed by atoms with Crippen molar-refractivity contribution in [1.82, 2.24) is 5.32 Å². The summed E-state index contributed by atoms with van der Waals surface area (Å²) in [5.41, 5.74) is 2.74. The van der Waals surface area contributed by atoms with E-state index in [4.69, 9.17) is 4.74 Å². The fourth-order valence-corrected chi connectivity index (χ4v) is 3.04. The van der Waals surface area contributed by atoms with Gasteiger partial charge in [-0.2, -0.15) is 5.26 Å². The Morgan fingerprint density at radius 3 is 2.77 bits per heavy atom. The van der Waals surface area contributed by atoms with Gasteiger partial charge in [0.15, 0.2) is 0 Å². The first-order chi connectivity index (χ1) is 12.5. The Balaban J connectivity index is 1.94. The first kappa shape index (κ1) is 19.8. The highest BCUT2D eigenvalue weighted by Gasteiger charge is 2.10. The lowest BCUT2D eigenvalue weighted by Crippen LogP contribution is -2.18. The van der Waals surface area contributed by atoms with Crippen LogP contribution in [-0.4, -0.2) is 19.6 Å². The molecule has 2 aromatic rings. The second-order valence-electron chi connectivity index (χ2n) is 5.60. The van der Waals surface area contributed by atoms with Gasteiger partial charge in [0.1, 0.15) is 17.4 Å². The number of halogens is 1. The average molecular weight is 461 g/mol. The maximum Gasteiger partial charge on any atom is 0.267 e. The molecule has 1 amide bonds. The van der Waals surface area contributed by atoms with Crippen molar-refractivity contribution in [2.75, 3.05) is 19.0 Å². The lowest BCUT2D eigenvalue weighted by molar-refractivity contribution is -0.112. The molecular formula is C20H20IN3O2. The summed E-state index contributed by atoms with van der Waals surface area (Å²) in [5.74, 6) is 0.396. The normalized spacial score (nSPS) is 10.8. The van der Waals surface area contributed by atoms with E-state index in [9.17, 15) is 10.1 Å². The highest BCUT2D eigenvalue weighted by atomic mass is 127. The minimum Gasteiger partial charge on any atom is -0.496 e. The Hall–Kier alpha value is -2.53. The van der Waals surface area contributed by atoms with Crippen LogP contribution in [0.4, 0.5) is 5.69 Å². The van der Waals surface area contributed by atoms with E-state index in [-0.39, 0.29) is 5.57 Å². The number of nitrogens with zero attached hydrogens (tertiary/aromatic N) is 1. The smallest absolute Gasteiger partial charge is 0.267 e. The van der Waals surface area contributed by atoms with E-state index in [0.29, 0.717) is 12.2 Å². The molecule has 0 aliphatic rings. The molecule has 0 aliphatic heterocycles. The Bertz CT molecular complexity index is 856. The van der Waals surface area contributed by atoms with Gasteiger partial charge in [-0.15, -0.1) is 0 Å². The molecule has 0 unspecified atom stereocenters. The van der Waals surface area contributed by atoms with Crippen LogP contribution in [0, 0.1) is 21.8 Å². The lowest BCUT2D eigenvalue weighted by Gasteiger charge is -2.09. The summed E-state index contributed by atoms with van der Waals surface area (Å²) >= 11 is 2.21. The molecule has 2 N–H and O–H groups in total. The number of rotatable bonds is 7. The number of hydrogen-bond acceptors (Lipinski definition) is 4. The molecule has 0 bridgehead atoms. The third-order valence-corrected chi connectivity index (χ3v) is 4.45. The number of para-hydroxylation sites is 1. The van der Waals surface area contributed by atoms with Gasteiger partial charge < -0.3 is 15.4 Å². The van der Waals surface area contributed by atoms with Gasteiger partial charge >= 0.3 is 0 Å². The fourth-order valence-electron chi connectivity index (χ4n) is 2.40. The lowest BCUT2D eigenvalue weighted by atomic mass is 10.1. The van der Waals surface area contributed by atoms with Crippen LogP contribution >= 0.6 is 22.6 Å². The molecule has 0 heterocycles. The van der Waals surface area contributed by atoms with Gasteiger partial charge in [0.2, 0.25) is 0 Å². The van der Waals surface area contributed by atoms with Crippen LogP contribution in [0.15, 0.2) is 54.2 Å². The standard InChI is InChI=1S/C20H20IN3O2/c1-14-11-17(21)7-8-18(14)24-20(25)16(12-22)13-23-10-9-15-5-3-4-6-19(15)26-2/h3-8,11,13,23H,9-10H2,1-2H3,(H,24,25)/b16-13-. The van der Waals surface area contributed by atoms with E-state index in [2.05, 4.69) is 33.2 Å². The number of benzene rings is 2. The number of nitriles is 1. The average Bonchev–Trinajstić information content (AvgIpc) is 2.64. The predicted octanol–water partition coefficient (Wildman–Crippen LogP) is 3.79. The van der Waals surface area contributed by atoms with E-state index in [1.807, 2.05) is 55.5 Å². The molecule has 26 heavy (non-hydrogen) atoms. The van der Waals surface area contributed by atoms with Gasteiger partial charge in [0, 0.05) is 22.0 Å². The van der Waals surface area contributed by atoms with E-state index in [1.165, 1.54) is 6.20 Å². The van der Waals surface area contributed by atoms with Gasteiger partial charge in [-0.3, -0.25) is 4.79 Å². The number of nitrogens with one attached hydrogen (secondary N) is 2. The van der Waals surface area contributed by atoms with Gasteiger partial charge in [-0.05, 0) is 71.3 Å². The van der Waals surface area contributed by atoms with Crippen LogP contribution in [0.1, 0.15) is 11.1 Å². The molecule has 134 valence electrons. The zero-order valence-corrected chi connectivity index (χ0v) is 16.8. The number of amides is 1. The van der Waals surface area contributed by atoms with Crippen LogP contribution in [0.25, 0.3) is 0 Å². The van der Waals surface area contributed by atoms with E-state index >= 15 is 0 Å². The number of aryl methyl sites for hydroxylation is 1. The summed E-state index contributed by atoms with van der Waals surface area (Å²) in [6.45, 7) is 2.50. The van der Waals surface area contributed by atoms with Crippen LogP contribution in [0.2, 0.25) is 0 Å². The van der Waals surface area contributed by atoms with Crippen molar-refractivity contribution in [2.45, 2.75) is 13.3 Å². The van der Waals surface area contributed by atoms with Crippen molar-refractivity contribution >= 4 is 34.2 Å². The second kappa shape index (κ2) is 9.82. The van der Waals surface area contributed by atoms with Crippen molar-refractivity contribution < 1.29 is 9.53 Å². The van der Waals surface area contributed by atoms with Crippen LogP contribution in [-0.2, 0) is 11.2 Å². The molecule has 0 saturated heterocycles. The maximum absolute atomic E-state index is 12.3. The van der Waals surface area contributed by atoms with Crippen molar-refractivity contribution in [3.63, 3.8) is 0 Å². The van der Waals surface area contributed by atoms with Gasteiger partial charge in [0.25, 0.3) is 5.91 Å². The zero-order valence-electron chi connectivity index (χ0n) is 14.7. The molecule has 0 radical (unpaired) electrons. The summed E-state index contributed by atoms with van der Waals surface area (Å²) in [6, 6.07) is 15.4. The number of carbonyl (C=O) groups excluding carboxylic acids is 1. The summed E-state index contributed by atoms with van der Waals surface area (Å²) in [5, 5.41) is 15.0. The van der Waals surface area contributed by atoms with Crippen molar-refractivity contribution in [3.05, 3.63) is 68.9 Å². The third-order valence-electron chi connectivity index (χ3n) is 3.78. The van der Waals surface area contributed by atoms with E-state index in [1.54, 1.807) is 7.11 Å². The van der Waals surface area contributed by atoms with E-state index < -0.39 is 5.91 Å². The van der Waals surface area contributed by atoms with Gasteiger partial charge in [0.05, 0.1) is 7.11 Å². The number of carbonyl (C=O) groups is 1. The Labute approximate surface area is 167 Å². The summed E-state index contributed by atoms with van der Waals surface area (Å²) in [4.78, 5) is 12.3. The van der Waals surface area contributed by atoms with Crippen LogP contribution in [0.3, 0.4) is 0 Å². The van der Waals surface area contributed by atoms with Crippen LogP contribution < -0.4 is 15.4 Å². The van der Waals surface area contributed by atoms with Crippen molar-refractivity contribution in [2.24, 2.45) is 0 Å². The first-order valence-electron chi connectivity index (χ1n) is 8.08. The fraction of sp³-hybridized carbons (Fsp3) is 0.200. The summed E-state index contributed by atoms with van der Waals surface area (Å²) in [6.07, 6.45) is 2.17. The molecule has 2 rings (SSSR count). The molecule has 0 aliphatic carbocycles. The number of hydrogen-bond donors (Lipinski definition) is 2. The topological polar surface area (TPSA) is 74.1 Å². The number of ether oxygens (including phenoxy) is 1. The zero-order chi connectivity index (χ0) is 18.9. The van der Waals surface area contributed by atoms with Crippen molar-refractivity contribution in [3.8, 4) is 11.8 Å². The third kappa shape index (κ3) is 5.49. The quantitative estimate of drug-likeness (QED) is 0.285. The largest absolute Gasteiger partial charge is 0.496 e. The SMILES string of the molecule is COc1ccccc1CCN/C=C(/C#N)C(=O)Nc1ccc(I)cc1C. The monoisotopic (exact) mass is 461 g/mol. The second-order valence-corrected chi connectivity index (χ2v) is 6.84. The molecule has 0 aromatic heterocycles. The number of methoxy groups -OCH3 is 1. The molecule has 6 heteroatoms. The Morgan fingerprint density at radius 2 is 2.08 bits per heavy atom. The first-order valence-corrected chi connectivity index (χ1v) is 9.16. The number of anilines is 1. The predicted molar refractivity (Wildman–Crippen MR) is 111 cm³/mol. The maximum atomic E-state index is 12.3. The van der Waals surface area contributed by atoms with Crippen molar-refractivity contribution in [1.29, 1.82) is 5.26 Å². The molecule has 2 aromatic carbocycles. The summed E-state index contributed by atoms with van der Waals surface area (Å²) < 4.78 is 6.40. The highest BCUT2D eigenvalue weighted by molar-refractivity contribution is 14.1. The molecular weight excluding hydrogens is 441 g/mol.